The molecule has 2 rings (SSSR count). The topological polar surface area (TPSA) is 59.0 Å². The van der Waals surface area contributed by atoms with E-state index >= 15 is 0 Å². The van der Waals surface area contributed by atoms with Crippen LogP contribution in [0, 0.1) is 0 Å². The van der Waals surface area contributed by atoms with E-state index in [1.165, 1.54) is 5.56 Å². The van der Waals surface area contributed by atoms with Crippen LogP contribution in [0.5, 0.6) is 0 Å². The van der Waals surface area contributed by atoms with Gasteiger partial charge in [0.1, 0.15) is 5.60 Å². The molecule has 0 unspecified atom stereocenters. The number of rotatable bonds is 5. The first-order valence-electron chi connectivity index (χ1n) is 10.2. The number of carbonyl (C=O) groups is 1. The lowest BCUT2D eigenvalue weighted by molar-refractivity contribution is -0.0893. The molecule has 0 aromatic heterocycles. The second-order valence-corrected chi connectivity index (χ2v) is 9.84. The molecule has 1 aliphatic rings. The van der Waals surface area contributed by atoms with Crippen molar-refractivity contribution in [3.8, 4) is 0 Å². The molecule has 1 aliphatic heterocycles. The fraction of sp³-hybridized carbons (Fsp3) is 0.682. The molecule has 28 heavy (non-hydrogen) atoms. The van der Waals surface area contributed by atoms with Gasteiger partial charge in [0.25, 0.3) is 0 Å². The molecule has 0 spiro atoms. The number of hydrogen-bond donors (Lipinski definition) is 1. The van der Waals surface area contributed by atoms with Gasteiger partial charge < -0.3 is 19.4 Å². The van der Waals surface area contributed by atoms with Gasteiger partial charge in [0, 0.05) is 13.1 Å². The van der Waals surface area contributed by atoms with Gasteiger partial charge in [0.05, 0.1) is 11.2 Å². The van der Waals surface area contributed by atoms with Crippen LogP contribution in [-0.4, -0.2) is 53.5 Å². The maximum Gasteiger partial charge on any atom is 0.410 e. The van der Waals surface area contributed by atoms with Crippen molar-refractivity contribution in [2.45, 2.75) is 84.0 Å². The third-order valence-electron chi connectivity index (χ3n) is 5.64. The van der Waals surface area contributed by atoms with Crippen molar-refractivity contribution in [3.63, 3.8) is 0 Å². The highest BCUT2D eigenvalue weighted by molar-refractivity contribution is 6.47. The molecule has 1 saturated heterocycles. The number of nitrogens with zero attached hydrogens (tertiary/aromatic N) is 1. The lowest BCUT2D eigenvalue weighted by Gasteiger charge is -2.37. The highest BCUT2D eigenvalue weighted by Crippen LogP contribution is 2.28. The highest BCUT2D eigenvalue weighted by Gasteiger charge is 2.35. The van der Waals surface area contributed by atoms with Crippen LogP contribution in [0.3, 0.4) is 0 Å². The van der Waals surface area contributed by atoms with Gasteiger partial charge in [-0.3, -0.25) is 0 Å². The molecule has 1 aromatic carbocycles. The number of amides is 1. The van der Waals surface area contributed by atoms with Crippen LogP contribution in [-0.2, 0) is 9.39 Å². The number of piperidine rings is 1. The predicted octanol–water partition coefficient (Wildman–Crippen LogP) is 3.34. The summed E-state index contributed by atoms with van der Waals surface area (Å²) in [5.74, 6) is 0.431. The third-order valence-corrected chi connectivity index (χ3v) is 5.64. The van der Waals surface area contributed by atoms with Crippen molar-refractivity contribution >= 4 is 19.0 Å². The zero-order chi connectivity index (χ0) is 21.2. The van der Waals surface area contributed by atoms with Crippen molar-refractivity contribution in [2.24, 2.45) is 0 Å². The minimum absolute atomic E-state index is 0.220. The van der Waals surface area contributed by atoms with Gasteiger partial charge in [-0.2, -0.15) is 0 Å². The van der Waals surface area contributed by atoms with Crippen molar-refractivity contribution < 1.29 is 19.3 Å². The summed E-state index contributed by atoms with van der Waals surface area (Å²) in [6.45, 7) is 14.5. The van der Waals surface area contributed by atoms with E-state index in [4.69, 9.17) is 9.39 Å². The van der Waals surface area contributed by atoms with E-state index in [-0.39, 0.29) is 6.09 Å². The SMILES string of the molecule is CC(C)(C)OC(=O)N1CCC(c2cccc(BOC(C)(C)C(C)(C)O)c2)CC1. The molecular weight excluding hydrogens is 353 g/mol. The van der Waals surface area contributed by atoms with Gasteiger partial charge in [-0.15, -0.1) is 0 Å². The minimum Gasteiger partial charge on any atom is -0.444 e. The Balaban J connectivity index is 1.94. The lowest BCUT2D eigenvalue weighted by Crippen LogP contribution is -2.49. The molecule has 0 bridgehead atoms. The molecule has 0 radical (unpaired) electrons. The monoisotopic (exact) mass is 389 g/mol. The number of ether oxygens (including phenoxy) is 1. The Kier molecular flexibility index (Phi) is 6.88. The smallest absolute Gasteiger partial charge is 0.410 e. The van der Waals surface area contributed by atoms with Crippen LogP contribution in [0.1, 0.15) is 72.8 Å². The van der Waals surface area contributed by atoms with Crippen LogP contribution >= 0.6 is 0 Å². The maximum absolute atomic E-state index is 12.2. The van der Waals surface area contributed by atoms with E-state index in [1.807, 2.05) is 34.6 Å². The van der Waals surface area contributed by atoms with Gasteiger partial charge in [0.15, 0.2) is 0 Å². The Labute approximate surface area is 170 Å². The van der Waals surface area contributed by atoms with E-state index in [2.05, 4.69) is 24.3 Å². The maximum atomic E-state index is 12.2. The van der Waals surface area contributed by atoms with Crippen LogP contribution < -0.4 is 5.46 Å². The van der Waals surface area contributed by atoms with Gasteiger partial charge in [-0.1, -0.05) is 29.7 Å². The molecule has 0 atom stereocenters. The average molecular weight is 389 g/mol. The van der Waals surface area contributed by atoms with Crippen LogP contribution in [0.2, 0.25) is 0 Å². The van der Waals surface area contributed by atoms with Crippen LogP contribution in [0.25, 0.3) is 0 Å². The molecule has 6 heteroatoms. The summed E-state index contributed by atoms with van der Waals surface area (Å²) in [6, 6.07) is 8.46. The summed E-state index contributed by atoms with van der Waals surface area (Å²) in [7, 11) is 0.460. The molecule has 5 nitrogen and oxygen atoms in total. The fourth-order valence-electron chi connectivity index (χ4n) is 3.10. The van der Waals surface area contributed by atoms with Crippen LogP contribution in [0.15, 0.2) is 24.3 Å². The first-order chi connectivity index (χ1) is 12.8. The minimum atomic E-state index is -0.918. The van der Waals surface area contributed by atoms with E-state index in [9.17, 15) is 9.90 Å². The van der Waals surface area contributed by atoms with Gasteiger partial charge in [-0.25, -0.2) is 4.79 Å². The summed E-state index contributed by atoms with van der Waals surface area (Å²) >= 11 is 0. The standard InChI is InChI=1S/C22H36BNO4/c1-20(2,3)27-19(25)24-13-11-16(12-14-24)17-9-8-10-18(15-17)23-28-22(6,7)21(4,5)26/h8-10,15-16,23,26H,11-14H2,1-7H3. The molecule has 1 heterocycles. The summed E-state index contributed by atoms with van der Waals surface area (Å²) < 4.78 is 11.5. The van der Waals surface area contributed by atoms with E-state index < -0.39 is 16.8 Å². The number of likely N-dealkylation sites (tertiary alicyclic amines) is 1. The highest BCUT2D eigenvalue weighted by atomic mass is 16.6. The molecule has 0 saturated carbocycles. The molecular formula is C22H36BNO4. The third kappa shape index (κ3) is 6.24. The Hall–Kier alpha value is -1.53. The second kappa shape index (κ2) is 8.46. The molecule has 1 fully saturated rings. The van der Waals surface area contributed by atoms with Crippen molar-refractivity contribution in [2.75, 3.05) is 13.1 Å². The summed E-state index contributed by atoms with van der Waals surface area (Å²) in [6.07, 6.45) is 1.64. The van der Waals surface area contributed by atoms with Crippen molar-refractivity contribution in [1.29, 1.82) is 0 Å². The molecule has 1 aromatic rings. The predicted molar refractivity (Wildman–Crippen MR) is 114 cm³/mol. The summed E-state index contributed by atoms with van der Waals surface area (Å²) in [4.78, 5) is 14.0. The van der Waals surface area contributed by atoms with Crippen LogP contribution in [0.4, 0.5) is 4.79 Å². The number of hydrogen-bond acceptors (Lipinski definition) is 4. The first-order valence-corrected chi connectivity index (χ1v) is 10.2. The van der Waals surface area contributed by atoms with E-state index in [0.29, 0.717) is 26.5 Å². The number of aliphatic hydroxyl groups is 1. The fourth-order valence-corrected chi connectivity index (χ4v) is 3.10. The normalized spacial score (nSPS) is 16.8. The molecule has 1 amide bonds. The lowest BCUT2D eigenvalue weighted by atomic mass is 9.80. The molecule has 0 aliphatic carbocycles. The molecule has 156 valence electrons. The Bertz CT molecular complexity index is 668. The van der Waals surface area contributed by atoms with Crippen molar-refractivity contribution in [3.05, 3.63) is 29.8 Å². The zero-order valence-electron chi connectivity index (χ0n) is 18.5. The van der Waals surface area contributed by atoms with Gasteiger partial charge >= 0.3 is 13.6 Å². The van der Waals surface area contributed by atoms with Gasteiger partial charge in [-0.05, 0) is 72.8 Å². The van der Waals surface area contributed by atoms with E-state index in [1.54, 1.807) is 18.7 Å². The second-order valence-electron chi connectivity index (χ2n) is 9.84. The number of benzene rings is 1. The van der Waals surface area contributed by atoms with Gasteiger partial charge in [0.2, 0.25) is 0 Å². The quantitative estimate of drug-likeness (QED) is 0.785. The zero-order valence-corrected chi connectivity index (χ0v) is 18.5. The van der Waals surface area contributed by atoms with Crippen molar-refractivity contribution in [1.82, 2.24) is 4.90 Å². The Morgan fingerprint density at radius 3 is 2.25 bits per heavy atom. The largest absolute Gasteiger partial charge is 0.444 e. The Morgan fingerprint density at radius 2 is 1.71 bits per heavy atom. The summed E-state index contributed by atoms with van der Waals surface area (Å²) in [5, 5.41) is 10.3. The average Bonchev–Trinajstić information content (AvgIpc) is 2.58. The van der Waals surface area contributed by atoms with E-state index in [0.717, 1.165) is 18.3 Å². The summed E-state index contributed by atoms with van der Waals surface area (Å²) in [5.41, 5.74) is 0.371. The molecule has 1 N–H and O–H groups in total. The Morgan fingerprint density at radius 1 is 1.11 bits per heavy atom. The number of carbonyl (C=O) groups excluding carboxylic acids is 1. The first kappa shape index (κ1) is 22.8.